The number of carbonyl (C=O) groups excluding carboxylic acids is 2. The van der Waals surface area contributed by atoms with E-state index in [0.29, 0.717) is 13.0 Å². The van der Waals surface area contributed by atoms with Crippen LogP contribution in [0.3, 0.4) is 0 Å². The van der Waals surface area contributed by atoms with Crippen molar-refractivity contribution in [3.63, 3.8) is 0 Å². The predicted molar refractivity (Wildman–Crippen MR) is 130 cm³/mol. The summed E-state index contributed by atoms with van der Waals surface area (Å²) in [5.74, 6) is -1.15. The first-order valence-electron chi connectivity index (χ1n) is 12.2. The highest BCUT2D eigenvalue weighted by molar-refractivity contribution is 5.79. The second-order valence-electron chi connectivity index (χ2n) is 9.23. The molecule has 2 aliphatic rings. The van der Waals surface area contributed by atoms with E-state index in [0.717, 1.165) is 41.5 Å². The van der Waals surface area contributed by atoms with Gasteiger partial charge >= 0.3 is 12.1 Å². The van der Waals surface area contributed by atoms with Crippen LogP contribution in [0.5, 0.6) is 0 Å². The largest absolute Gasteiger partial charge is 0.481 e. The summed E-state index contributed by atoms with van der Waals surface area (Å²) >= 11 is 0. The van der Waals surface area contributed by atoms with Gasteiger partial charge in [-0.15, -0.1) is 0 Å². The van der Waals surface area contributed by atoms with Gasteiger partial charge in [-0.05, 0) is 47.9 Å². The van der Waals surface area contributed by atoms with Crippen molar-refractivity contribution < 1.29 is 29.3 Å². The van der Waals surface area contributed by atoms with Gasteiger partial charge in [-0.2, -0.15) is 0 Å². The number of hydrogen-bond donors (Lipinski definition) is 3. The minimum atomic E-state index is -1.05. The zero-order valence-electron chi connectivity index (χ0n) is 19.7. The molecule has 2 unspecified atom stereocenters. The van der Waals surface area contributed by atoms with Gasteiger partial charge in [-0.1, -0.05) is 48.5 Å². The molecule has 0 spiro atoms. The number of likely N-dealkylation sites (tertiary alicyclic amines) is 1. The molecule has 1 heterocycles. The molecular formula is C27H32N2O6. The van der Waals surface area contributed by atoms with Crippen molar-refractivity contribution in [2.75, 3.05) is 19.7 Å². The number of nitrogens with zero attached hydrogens (tertiary/aromatic N) is 1. The maximum Gasteiger partial charge on any atom is 0.407 e. The molecule has 4 rings (SSSR count). The van der Waals surface area contributed by atoms with E-state index in [9.17, 15) is 19.5 Å². The fourth-order valence-electron chi connectivity index (χ4n) is 5.16. The smallest absolute Gasteiger partial charge is 0.407 e. The molecule has 1 saturated heterocycles. The van der Waals surface area contributed by atoms with Crippen molar-refractivity contribution in [1.82, 2.24) is 10.2 Å². The van der Waals surface area contributed by atoms with Crippen LogP contribution in [-0.4, -0.2) is 64.9 Å². The third-order valence-corrected chi connectivity index (χ3v) is 6.87. The highest BCUT2D eigenvalue weighted by Gasteiger charge is 2.30. The third kappa shape index (κ3) is 6.00. The summed E-state index contributed by atoms with van der Waals surface area (Å²) in [5, 5.41) is 21.8. The Morgan fingerprint density at radius 2 is 1.69 bits per heavy atom. The first-order chi connectivity index (χ1) is 16.9. The zero-order valence-corrected chi connectivity index (χ0v) is 19.7. The van der Waals surface area contributed by atoms with E-state index < -0.39 is 18.2 Å². The zero-order chi connectivity index (χ0) is 24.8. The van der Waals surface area contributed by atoms with Crippen LogP contribution in [0.4, 0.5) is 4.79 Å². The van der Waals surface area contributed by atoms with Crippen LogP contribution in [0.25, 0.3) is 11.1 Å². The maximum atomic E-state index is 12.7. The lowest BCUT2D eigenvalue weighted by Gasteiger charge is -2.36. The summed E-state index contributed by atoms with van der Waals surface area (Å²) in [7, 11) is 0. The molecule has 2 amide bonds. The quantitative estimate of drug-likeness (QED) is 0.506. The van der Waals surface area contributed by atoms with Gasteiger partial charge in [0, 0.05) is 31.5 Å². The number of ether oxygens (including phenoxy) is 1. The van der Waals surface area contributed by atoms with E-state index in [1.165, 1.54) is 0 Å². The molecular weight excluding hydrogens is 448 g/mol. The number of nitrogens with one attached hydrogen (secondary N) is 1. The molecule has 186 valence electrons. The topological polar surface area (TPSA) is 116 Å². The predicted octanol–water partition coefficient (Wildman–Crippen LogP) is 3.52. The average Bonchev–Trinajstić information content (AvgIpc) is 3.18. The van der Waals surface area contributed by atoms with Crippen molar-refractivity contribution in [2.45, 2.75) is 56.6 Å². The van der Waals surface area contributed by atoms with Gasteiger partial charge in [0.1, 0.15) is 6.61 Å². The third-order valence-electron chi connectivity index (χ3n) is 6.87. The summed E-state index contributed by atoms with van der Waals surface area (Å²) in [4.78, 5) is 37.6. The van der Waals surface area contributed by atoms with E-state index in [1.807, 2.05) is 36.4 Å². The summed E-state index contributed by atoms with van der Waals surface area (Å²) in [6.45, 7) is 0.639. The van der Waals surface area contributed by atoms with Gasteiger partial charge in [-0.3, -0.25) is 9.59 Å². The minimum absolute atomic E-state index is 0.0142. The first kappa shape index (κ1) is 24.7. The molecule has 1 fully saturated rings. The Morgan fingerprint density at radius 3 is 2.34 bits per heavy atom. The monoisotopic (exact) mass is 480 g/mol. The number of carboxylic acids is 1. The molecule has 0 saturated carbocycles. The lowest BCUT2D eigenvalue weighted by atomic mass is 9.97. The molecule has 3 N–H and O–H groups in total. The Kier molecular flexibility index (Phi) is 8.02. The number of piperidine rings is 1. The highest BCUT2D eigenvalue weighted by Crippen LogP contribution is 2.44. The Morgan fingerprint density at radius 1 is 1.03 bits per heavy atom. The normalized spacial score (nSPS) is 17.9. The number of aliphatic carboxylic acids is 1. The van der Waals surface area contributed by atoms with Crippen molar-refractivity contribution in [1.29, 1.82) is 0 Å². The molecule has 1 aliphatic heterocycles. The standard InChI is InChI=1S/C27H32N2O6/c30-19(15-25(31)29-14-6-5-7-18(29)12-13-26(32)33)16-28-27(34)35-17-24-22-10-3-1-8-20(22)21-9-2-4-11-23(21)24/h1-4,8-11,18-19,24,30H,5-7,12-17H2,(H,28,34)(H,32,33). The average molecular weight is 481 g/mol. The van der Waals surface area contributed by atoms with Crippen LogP contribution in [0, 0.1) is 0 Å². The number of hydrogen-bond acceptors (Lipinski definition) is 5. The summed E-state index contributed by atoms with van der Waals surface area (Å²) in [6, 6.07) is 16.0. The van der Waals surface area contributed by atoms with Gasteiger partial charge in [-0.25, -0.2) is 4.79 Å². The Bertz CT molecular complexity index is 1030. The number of benzene rings is 2. The van der Waals surface area contributed by atoms with Crippen molar-refractivity contribution in [3.05, 3.63) is 59.7 Å². The van der Waals surface area contributed by atoms with Gasteiger partial charge in [0.05, 0.1) is 12.5 Å². The number of carbonyl (C=O) groups is 3. The molecule has 8 nitrogen and oxygen atoms in total. The van der Waals surface area contributed by atoms with E-state index in [4.69, 9.17) is 9.84 Å². The summed E-state index contributed by atoms with van der Waals surface area (Å²) < 4.78 is 5.47. The van der Waals surface area contributed by atoms with Crippen LogP contribution in [0.15, 0.2) is 48.5 Å². The van der Waals surface area contributed by atoms with Gasteiger partial charge in [0.25, 0.3) is 0 Å². The Balaban J connectivity index is 1.25. The number of rotatable bonds is 9. The number of alkyl carbamates (subject to hydrolysis) is 1. The SMILES string of the molecule is O=C(O)CCC1CCCCN1C(=O)CC(O)CNC(=O)OCC1c2ccccc2-c2ccccc21. The molecule has 2 aromatic carbocycles. The van der Waals surface area contributed by atoms with Gasteiger partial charge in [0.2, 0.25) is 5.91 Å². The first-order valence-corrected chi connectivity index (χ1v) is 12.2. The number of fused-ring (bicyclic) bond motifs is 3. The molecule has 0 aromatic heterocycles. The van der Waals surface area contributed by atoms with E-state index in [1.54, 1.807) is 4.90 Å². The molecule has 2 aromatic rings. The van der Waals surface area contributed by atoms with Crippen molar-refractivity contribution in [3.8, 4) is 11.1 Å². The fourth-order valence-corrected chi connectivity index (χ4v) is 5.16. The molecule has 8 heteroatoms. The van der Waals surface area contributed by atoms with Crippen LogP contribution >= 0.6 is 0 Å². The number of carboxylic acid groups (broad SMARTS) is 1. The van der Waals surface area contributed by atoms with Crippen molar-refractivity contribution in [2.24, 2.45) is 0 Å². The van der Waals surface area contributed by atoms with Crippen LogP contribution in [-0.2, 0) is 14.3 Å². The molecule has 0 radical (unpaired) electrons. The maximum absolute atomic E-state index is 12.7. The van der Waals surface area contributed by atoms with E-state index in [2.05, 4.69) is 17.4 Å². The summed E-state index contributed by atoms with van der Waals surface area (Å²) in [6.07, 6.45) is 1.19. The lowest BCUT2D eigenvalue weighted by molar-refractivity contribution is -0.141. The van der Waals surface area contributed by atoms with Gasteiger partial charge < -0.3 is 25.2 Å². The van der Waals surface area contributed by atoms with Gasteiger partial charge in [0.15, 0.2) is 0 Å². The second-order valence-corrected chi connectivity index (χ2v) is 9.23. The highest BCUT2D eigenvalue weighted by atomic mass is 16.5. The number of aliphatic hydroxyl groups excluding tert-OH is 1. The van der Waals surface area contributed by atoms with E-state index >= 15 is 0 Å². The van der Waals surface area contributed by atoms with Crippen molar-refractivity contribution >= 4 is 18.0 Å². The Hall–Kier alpha value is -3.39. The second kappa shape index (κ2) is 11.4. The summed E-state index contributed by atoms with van der Waals surface area (Å²) in [5.41, 5.74) is 4.52. The van der Waals surface area contributed by atoms with E-state index in [-0.39, 0.29) is 43.9 Å². The molecule has 35 heavy (non-hydrogen) atoms. The molecule has 0 bridgehead atoms. The van der Waals surface area contributed by atoms with Crippen LogP contribution < -0.4 is 5.32 Å². The number of aliphatic hydroxyl groups is 1. The minimum Gasteiger partial charge on any atom is -0.481 e. The molecule has 2 atom stereocenters. The lowest BCUT2D eigenvalue weighted by Crippen LogP contribution is -2.46. The fraction of sp³-hybridized carbons (Fsp3) is 0.444. The Labute approximate surface area is 204 Å². The van der Waals surface area contributed by atoms with Crippen LogP contribution in [0.2, 0.25) is 0 Å². The van der Waals surface area contributed by atoms with Crippen LogP contribution in [0.1, 0.15) is 55.6 Å². The number of amides is 2. The molecule has 1 aliphatic carbocycles.